The van der Waals surface area contributed by atoms with E-state index in [2.05, 4.69) is 16.8 Å². The lowest BCUT2D eigenvalue weighted by atomic mass is 10.0. The van der Waals surface area contributed by atoms with Crippen LogP contribution >= 0.6 is 0 Å². The molecule has 0 radical (unpaired) electrons. The number of carboxylic acid groups (broad SMARTS) is 1. The van der Waals surface area contributed by atoms with Crippen molar-refractivity contribution in [2.75, 3.05) is 13.1 Å². The van der Waals surface area contributed by atoms with Crippen molar-refractivity contribution in [1.82, 2.24) is 9.88 Å². The molecule has 1 unspecified atom stereocenters. The Morgan fingerprint density at radius 3 is 3.12 bits per heavy atom. The molecule has 1 aromatic rings. The fourth-order valence-corrected chi connectivity index (χ4v) is 2.35. The van der Waals surface area contributed by atoms with Gasteiger partial charge in [-0.1, -0.05) is 13.0 Å². The number of aromatic carboxylic acids is 1. The third-order valence-electron chi connectivity index (χ3n) is 3.15. The maximum Gasteiger partial charge on any atom is 0.354 e. The van der Waals surface area contributed by atoms with E-state index in [4.69, 9.17) is 5.11 Å². The number of likely N-dealkylation sites (tertiary alicyclic amines) is 1. The SMILES string of the molecule is CC1CCCN(Cc2cccc(C(=O)O)n2)C1. The van der Waals surface area contributed by atoms with Crippen molar-refractivity contribution in [2.45, 2.75) is 26.3 Å². The van der Waals surface area contributed by atoms with Crippen molar-refractivity contribution in [3.8, 4) is 0 Å². The minimum atomic E-state index is -0.959. The van der Waals surface area contributed by atoms with Gasteiger partial charge >= 0.3 is 5.97 Å². The van der Waals surface area contributed by atoms with E-state index in [0.717, 1.165) is 31.2 Å². The molecule has 0 amide bonds. The first-order chi connectivity index (χ1) is 8.15. The van der Waals surface area contributed by atoms with E-state index in [1.54, 1.807) is 6.07 Å². The molecule has 92 valence electrons. The van der Waals surface area contributed by atoms with E-state index in [-0.39, 0.29) is 5.69 Å². The molecular formula is C13H18N2O2. The highest BCUT2D eigenvalue weighted by atomic mass is 16.4. The lowest BCUT2D eigenvalue weighted by Crippen LogP contribution is -2.34. The van der Waals surface area contributed by atoms with Crippen molar-refractivity contribution in [2.24, 2.45) is 5.92 Å². The molecule has 4 nitrogen and oxygen atoms in total. The molecule has 0 aliphatic carbocycles. The quantitative estimate of drug-likeness (QED) is 0.869. The van der Waals surface area contributed by atoms with Crippen LogP contribution in [0.2, 0.25) is 0 Å². The molecule has 1 aliphatic rings. The lowest BCUT2D eigenvalue weighted by Gasteiger charge is -2.30. The molecule has 17 heavy (non-hydrogen) atoms. The van der Waals surface area contributed by atoms with Gasteiger partial charge in [0.1, 0.15) is 5.69 Å². The Labute approximate surface area is 101 Å². The van der Waals surface area contributed by atoms with E-state index in [0.29, 0.717) is 0 Å². The van der Waals surface area contributed by atoms with Gasteiger partial charge in [0, 0.05) is 13.1 Å². The third-order valence-corrected chi connectivity index (χ3v) is 3.15. The molecule has 2 heterocycles. The van der Waals surface area contributed by atoms with Gasteiger partial charge < -0.3 is 5.11 Å². The number of hydrogen-bond acceptors (Lipinski definition) is 3. The Bertz CT molecular complexity index is 406. The van der Waals surface area contributed by atoms with Gasteiger partial charge in [0.25, 0.3) is 0 Å². The van der Waals surface area contributed by atoms with Gasteiger partial charge in [-0.25, -0.2) is 9.78 Å². The number of carboxylic acids is 1. The number of pyridine rings is 1. The topological polar surface area (TPSA) is 53.4 Å². The smallest absolute Gasteiger partial charge is 0.354 e. The predicted octanol–water partition coefficient (Wildman–Crippen LogP) is 2.01. The van der Waals surface area contributed by atoms with Crippen molar-refractivity contribution in [3.05, 3.63) is 29.6 Å². The highest BCUT2D eigenvalue weighted by molar-refractivity contribution is 5.85. The van der Waals surface area contributed by atoms with E-state index in [1.165, 1.54) is 18.9 Å². The van der Waals surface area contributed by atoms with Gasteiger partial charge in [-0.2, -0.15) is 0 Å². The number of aromatic nitrogens is 1. The van der Waals surface area contributed by atoms with E-state index >= 15 is 0 Å². The maximum absolute atomic E-state index is 10.8. The van der Waals surface area contributed by atoms with Crippen LogP contribution in [0.15, 0.2) is 18.2 Å². The molecule has 0 saturated carbocycles. The molecule has 1 N–H and O–H groups in total. The van der Waals surface area contributed by atoms with Gasteiger partial charge in [0.05, 0.1) is 5.69 Å². The van der Waals surface area contributed by atoms with E-state index < -0.39 is 5.97 Å². The Hall–Kier alpha value is -1.42. The normalized spacial score (nSPS) is 21.4. The number of piperidine rings is 1. The first kappa shape index (κ1) is 12.0. The summed E-state index contributed by atoms with van der Waals surface area (Å²) in [5.41, 5.74) is 0.978. The van der Waals surface area contributed by atoms with Crippen molar-refractivity contribution in [3.63, 3.8) is 0 Å². The van der Waals surface area contributed by atoms with Gasteiger partial charge in [-0.05, 0) is 37.4 Å². The zero-order chi connectivity index (χ0) is 12.3. The molecule has 1 aromatic heterocycles. The minimum absolute atomic E-state index is 0.132. The summed E-state index contributed by atoms with van der Waals surface area (Å²) in [6.45, 7) is 5.18. The monoisotopic (exact) mass is 234 g/mol. The van der Waals surface area contributed by atoms with Crippen LogP contribution in [0.25, 0.3) is 0 Å². The summed E-state index contributed by atoms with van der Waals surface area (Å²) in [6.07, 6.45) is 2.51. The van der Waals surface area contributed by atoms with Crippen LogP contribution in [0.4, 0.5) is 0 Å². The average molecular weight is 234 g/mol. The Morgan fingerprint density at radius 1 is 1.59 bits per heavy atom. The van der Waals surface area contributed by atoms with Crippen molar-refractivity contribution < 1.29 is 9.90 Å². The Morgan fingerprint density at radius 2 is 2.41 bits per heavy atom. The summed E-state index contributed by atoms with van der Waals surface area (Å²) >= 11 is 0. The predicted molar refractivity (Wildman–Crippen MR) is 64.9 cm³/mol. The average Bonchev–Trinajstić information content (AvgIpc) is 2.29. The summed E-state index contributed by atoms with van der Waals surface area (Å²) in [5, 5.41) is 8.88. The molecule has 1 atom stereocenters. The van der Waals surface area contributed by atoms with E-state index in [9.17, 15) is 4.79 Å². The number of carbonyl (C=O) groups is 1. The molecule has 1 fully saturated rings. The fourth-order valence-electron chi connectivity index (χ4n) is 2.35. The molecule has 0 spiro atoms. The summed E-state index contributed by atoms with van der Waals surface area (Å²) in [7, 11) is 0. The van der Waals surface area contributed by atoms with Crippen LogP contribution in [-0.4, -0.2) is 34.0 Å². The molecular weight excluding hydrogens is 216 g/mol. The second-order valence-corrected chi connectivity index (χ2v) is 4.80. The van der Waals surface area contributed by atoms with Crippen LogP contribution in [0, 0.1) is 5.92 Å². The maximum atomic E-state index is 10.8. The Balaban J connectivity index is 2.02. The summed E-state index contributed by atoms with van der Waals surface area (Å²) in [4.78, 5) is 17.3. The zero-order valence-corrected chi connectivity index (χ0v) is 10.1. The standard InChI is InChI=1S/C13H18N2O2/c1-10-4-3-7-15(8-10)9-11-5-2-6-12(14-11)13(16)17/h2,5-6,10H,3-4,7-9H2,1H3,(H,16,17). The first-order valence-corrected chi connectivity index (χ1v) is 6.07. The number of hydrogen-bond donors (Lipinski definition) is 1. The number of rotatable bonds is 3. The first-order valence-electron chi connectivity index (χ1n) is 6.07. The van der Waals surface area contributed by atoms with Gasteiger partial charge in [-0.15, -0.1) is 0 Å². The molecule has 0 bridgehead atoms. The third kappa shape index (κ3) is 3.27. The van der Waals surface area contributed by atoms with Crippen LogP contribution < -0.4 is 0 Å². The second kappa shape index (κ2) is 5.27. The second-order valence-electron chi connectivity index (χ2n) is 4.80. The minimum Gasteiger partial charge on any atom is -0.477 e. The molecule has 0 aromatic carbocycles. The van der Waals surface area contributed by atoms with Crippen LogP contribution in [0.1, 0.15) is 35.9 Å². The highest BCUT2D eigenvalue weighted by Gasteiger charge is 2.17. The molecule has 2 rings (SSSR count). The fraction of sp³-hybridized carbons (Fsp3) is 0.538. The molecule has 1 saturated heterocycles. The number of nitrogens with zero attached hydrogens (tertiary/aromatic N) is 2. The van der Waals surface area contributed by atoms with Gasteiger partial charge in [0.15, 0.2) is 0 Å². The summed E-state index contributed by atoms with van der Waals surface area (Å²) in [5.74, 6) is -0.231. The Kier molecular flexibility index (Phi) is 3.74. The largest absolute Gasteiger partial charge is 0.477 e. The summed E-state index contributed by atoms with van der Waals surface area (Å²) < 4.78 is 0. The van der Waals surface area contributed by atoms with Crippen LogP contribution in [0.5, 0.6) is 0 Å². The van der Waals surface area contributed by atoms with Crippen LogP contribution in [0.3, 0.4) is 0 Å². The van der Waals surface area contributed by atoms with E-state index in [1.807, 2.05) is 6.07 Å². The van der Waals surface area contributed by atoms with Crippen LogP contribution in [-0.2, 0) is 6.54 Å². The van der Waals surface area contributed by atoms with Crippen molar-refractivity contribution >= 4 is 5.97 Å². The highest BCUT2D eigenvalue weighted by Crippen LogP contribution is 2.17. The lowest BCUT2D eigenvalue weighted by molar-refractivity contribution is 0.0689. The summed E-state index contributed by atoms with van der Waals surface area (Å²) in [6, 6.07) is 5.19. The van der Waals surface area contributed by atoms with Crippen molar-refractivity contribution in [1.29, 1.82) is 0 Å². The zero-order valence-electron chi connectivity index (χ0n) is 10.1. The molecule has 4 heteroatoms. The molecule has 1 aliphatic heterocycles. The van der Waals surface area contributed by atoms with Gasteiger partial charge in [-0.3, -0.25) is 4.90 Å². The van der Waals surface area contributed by atoms with Gasteiger partial charge in [0.2, 0.25) is 0 Å².